The van der Waals surface area contributed by atoms with E-state index in [0.29, 0.717) is 4.90 Å². The van der Waals surface area contributed by atoms with E-state index in [-0.39, 0.29) is 10.9 Å². The van der Waals surface area contributed by atoms with Crippen LogP contribution in [0.4, 0.5) is 4.39 Å². The van der Waals surface area contributed by atoms with E-state index in [2.05, 4.69) is 0 Å². The van der Waals surface area contributed by atoms with Gasteiger partial charge in [-0.1, -0.05) is 30.3 Å². The number of rotatable bonds is 4. The summed E-state index contributed by atoms with van der Waals surface area (Å²) in [5.41, 5.74) is 0.944. The van der Waals surface area contributed by atoms with Gasteiger partial charge in [0.2, 0.25) is 5.12 Å². The maximum absolute atomic E-state index is 12.9. The molecule has 0 spiro atoms. The lowest BCUT2D eigenvalue weighted by Gasteiger charge is -2.07. The van der Waals surface area contributed by atoms with Crippen molar-refractivity contribution in [2.45, 2.75) is 4.90 Å². The molecule has 0 saturated carbocycles. The maximum atomic E-state index is 12.9. The Bertz CT molecular complexity index is 901. The van der Waals surface area contributed by atoms with Gasteiger partial charge in [-0.25, -0.2) is 4.39 Å². The van der Waals surface area contributed by atoms with Crippen LogP contribution in [0, 0.1) is 5.82 Å². The highest BCUT2D eigenvalue weighted by Crippen LogP contribution is 2.29. The highest BCUT2D eigenvalue weighted by molar-refractivity contribution is 8.14. The van der Waals surface area contributed by atoms with Crippen molar-refractivity contribution >= 4 is 33.7 Å². The zero-order valence-electron chi connectivity index (χ0n) is 13.0. The number of carbonyl (C=O) groups excluding carboxylic acids is 1. The minimum atomic E-state index is -0.313. The van der Waals surface area contributed by atoms with E-state index in [9.17, 15) is 9.18 Å². The first-order valence-corrected chi connectivity index (χ1v) is 8.20. The number of methoxy groups -OCH3 is 1. The molecule has 0 heterocycles. The molecule has 0 aliphatic rings. The second-order valence-corrected chi connectivity index (χ2v) is 6.19. The van der Waals surface area contributed by atoms with Gasteiger partial charge in [0.15, 0.2) is 0 Å². The van der Waals surface area contributed by atoms with Crippen molar-refractivity contribution in [2.75, 3.05) is 7.11 Å². The van der Waals surface area contributed by atoms with Crippen LogP contribution in [0.25, 0.3) is 16.8 Å². The van der Waals surface area contributed by atoms with E-state index in [1.165, 1.54) is 18.2 Å². The standard InChI is InChI=1S/C20H15FO2S/c1-23-19-12-6-14(17-4-2-3-5-18(17)19)7-13-20(22)24-16-10-8-15(21)9-11-16/h2-13H,1H3. The zero-order valence-corrected chi connectivity index (χ0v) is 13.8. The Kier molecular flexibility index (Phi) is 4.96. The van der Waals surface area contributed by atoms with E-state index in [4.69, 9.17) is 4.74 Å². The van der Waals surface area contributed by atoms with Gasteiger partial charge in [-0.2, -0.15) is 0 Å². The fourth-order valence-corrected chi connectivity index (χ4v) is 3.07. The minimum absolute atomic E-state index is 0.110. The summed E-state index contributed by atoms with van der Waals surface area (Å²) in [6, 6.07) is 17.6. The Balaban J connectivity index is 1.82. The Morgan fingerprint density at radius 2 is 1.71 bits per heavy atom. The van der Waals surface area contributed by atoms with E-state index in [0.717, 1.165) is 33.8 Å². The first-order valence-electron chi connectivity index (χ1n) is 7.38. The SMILES string of the molecule is COc1ccc(C=CC(=O)Sc2ccc(F)cc2)c2ccccc12. The predicted octanol–water partition coefficient (Wildman–Crippen LogP) is 5.32. The van der Waals surface area contributed by atoms with Crippen LogP contribution in [0.3, 0.4) is 0 Å². The zero-order chi connectivity index (χ0) is 16.9. The molecule has 0 aromatic heterocycles. The molecule has 120 valence electrons. The van der Waals surface area contributed by atoms with E-state index in [1.807, 2.05) is 36.4 Å². The molecule has 0 unspecified atom stereocenters. The average Bonchev–Trinajstić information content (AvgIpc) is 2.61. The van der Waals surface area contributed by atoms with Crippen molar-refractivity contribution in [3.8, 4) is 5.75 Å². The Hall–Kier alpha value is -2.59. The summed E-state index contributed by atoms with van der Waals surface area (Å²) in [5.74, 6) is 0.488. The van der Waals surface area contributed by atoms with Crippen LogP contribution < -0.4 is 4.74 Å². The van der Waals surface area contributed by atoms with Crippen molar-refractivity contribution in [3.05, 3.63) is 78.1 Å². The van der Waals surface area contributed by atoms with Crippen molar-refractivity contribution < 1.29 is 13.9 Å². The van der Waals surface area contributed by atoms with Crippen molar-refractivity contribution in [1.82, 2.24) is 0 Å². The Morgan fingerprint density at radius 3 is 2.42 bits per heavy atom. The molecule has 3 aromatic carbocycles. The second kappa shape index (κ2) is 7.32. The molecule has 0 bridgehead atoms. The summed E-state index contributed by atoms with van der Waals surface area (Å²) < 4.78 is 18.3. The molecule has 0 atom stereocenters. The summed E-state index contributed by atoms with van der Waals surface area (Å²) in [7, 11) is 1.64. The Labute approximate surface area is 144 Å². The van der Waals surface area contributed by atoms with Crippen LogP contribution in [0.5, 0.6) is 5.75 Å². The summed E-state index contributed by atoms with van der Waals surface area (Å²) >= 11 is 1.07. The summed E-state index contributed by atoms with van der Waals surface area (Å²) in [6.07, 6.45) is 3.32. The van der Waals surface area contributed by atoms with Crippen LogP contribution in [-0.2, 0) is 4.79 Å². The van der Waals surface area contributed by atoms with Crippen LogP contribution >= 0.6 is 11.8 Å². The molecular formula is C20H15FO2S. The number of halogens is 1. The fourth-order valence-electron chi connectivity index (χ4n) is 2.43. The van der Waals surface area contributed by atoms with Crippen LogP contribution in [-0.4, -0.2) is 12.2 Å². The van der Waals surface area contributed by atoms with Gasteiger partial charge in [0.1, 0.15) is 11.6 Å². The van der Waals surface area contributed by atoms with Gasteiger partial charge >= 0.3 is 0 Å². The number of carbonyl (C=O) groups is 1. The number of ether oxygens (including phenoxy) is 1. The largest absolute Gasteiger partial charge is 0.496 e. The molecule has 0 aliphatic heterocycles. The first kappa shape index (κ1) is 16.3. The molecule has 4 heteroatoms. The summed E-state index contributed by atoms with van der Waals surface area (Å²) in [6.45, 7) is 0. The lowest BCUT2D eigenvalue weighted by molar-refractivity contribution is -0.107. The molecule has 2 nitrogen and oxygen atoms in total. The third kappa shape index (κ3) is 3.66. The van der Waals surface area contributed by atoms with Gasteiger partial charge in [-0.15, -0.1) is 0 Å². The van der Waals surface area contributed by atoms with Crippen molar-refractivity contribution in [1.29, 1.82) is 0 Å². The predicted molar refractivity (Wildman–Crippen MR) is 96.8 cm³/mol. The van der Waals surface area contributed by atoms with E-state index in [1.54, 1.807) is 25.3 Å². The molecular weight excluding hydrogens is 323 g/mol. The number of hydrogen-bond acceptors (Lipinski definition) is 3. The first-order chi connectivity index (χ1) is 11.7. The molecule has 3 rings (SSSR count). The number of hydrogen-bond donors (Lipinski definition) is 0. The lowest BCUT2D eigenvalue weighted by Crippen LogP contribution is -1.88. The topological polar surface area (TPSA) is 26.3 Å². The van der Waals surface area contributed by atoms with E-state index < -0.39 is 0 Å². The van der Waals surface area contributed by atoms with Gasteiger partial charge in [-0.3, -0.25) is 4.79 Å². The van der Waals surface area contributed by atoms with Crippen LogP contribution in [0.2, 0.25) is 0 Å². The van der Waals surface area contributed by atoms with Gasteiger partial charge < -0.3 is 4.74 Å². The minimum Gasteiger partial charge on any atom is -0.496 e. The van der Waals surface area contributed by atoms with Crippen LogP contribution in [0.1, 0.15) is 5.56 Å². The van der Waals surface area contributed by atoms with Gasteiger partial charge in [-0.05, 0) is 65.2 Å². The van der Waals surface area contributed by atoms with E-state index >= 15 is 0 Å². The maximum Gasteiger partial charge on any atom is 0.216 e. The summed E-state index contributed by atoms with van der Waals surface area (Å²) in [5, 5.41) is 1.91. The molecule has 3 aromatic rings. The number of fused-ring (bicyclic) bond motifs is 1. The third-order valence-corrected chi connectivity index (χ3v) is 4.41. The lowest BCUT2D eigenvalue weighted by atomic mass is 10.0. The highest BCUT2D eigenvalue weighted by Gasteiger charge is 2.05. The molecule has 0 N–H and O–H groups in total. The van der Waals surface area contributed by atoms with Crippen LogP contribution in [0.15, 0.2) is 71.6 Å². The normalized spacial score (nSPS) is 11.1. The fraction of sp³-hybridized carbons (Fsp3) is 0.0500. The Morgan fingerprint density at radius 1 is 1.00 bits per heavy atom. The smallest absolute Gasteiger partial charge is 0.216 e. The van der Waals surface area contributed by atoms with Gasteiger partial charge in [0.05, 0.1) is 7.11 Å². The number of benzene rings is 3. The number of thioether (sulfide) groups is 1. The van der Waals surface area contributed by atoms with Gasteiger partial charge in [0.25, 0.3) is 0 Å². The molecule has 0 radical (unpaired) electrons. The molecule has 0 aliphatic carbocycles. The van der Waals surface area contributed by atoms with Crippen molar-refractivity contribution in [2.24, 2.45) is 0 Å². The molecule has 0 saturated heterocycles. The van der Waals surface area contributed by atoms with Crippen molar-refractivity contribution in [3.63, 3.8) is 0 Å². The molecule has 0 fully saturated rings. The van der Waals surface area contributed by atoms with Gasteiger partial charge in [0, 0.05) is 10.3 Å². The quantitative estimate of drug-likeness (QED) is 0.476. The summed E-state index contributed by atoms with van der Waals surface area (Å²) in [4.78, 5) is 12.8. The molecule has 24 heavy (non-hydrogen) atoms. The monoisotopic (exact) mass is 338 g/mol. The third-order valence-electron chi connectivity index (χ3n) is 3.57. The molecule has 0 amide bonds. The average molecular weight is 338 g/mol. The highest BCUT2D eigenvalue weighted by atomic mass is 32.2. The second-order valence-electron chi connectivity index (χ2n) is 5.11.